The van der Waals surface area contributed by atoms with Crippen molar-refractivity contribution in [2.24, 2.45) is 0 Å². The van der Waals surface area contributed by atoms with Crippen LogP contribution in [0.25, 0.3) is 0 Å². The molecular formula is C5H4NNp. The third-order valence-corrected chi connectivity index (χ3v) is 1.75. The maximum atomic E-state index is 4.04. The third kappa shape index (κ3) is 1.60. The van der Waals surface area contributed by atoms with E-state index >= 15 is 0 Å². The monoisotopic (exact) mass is 314 g/mol. The van der Waals surface area contributed by atoms with E-state index in [0.717, 1.165) is 28.3 Å². The summed E-state index contributed by atoms with van der Waals surface area (Å²) >= 11 is 1.00. The summed E-state index contributed by atoms with van der Waals surface area (Å²) in [4.78, 5) is 4.04. The van der Waals surface area contributed by atoms with Gasteiger partial charge >= 0.3 is 60.6 Å². The summed E-state index contributed by atoms with van der Waals surface area (Å²) in [5, 5.41) is 0. The van der Waals surface area contributed by atoms with E-state index in [1.165, 1.54) is 2.89 Å². The second kappa shape index (κ2) is 2.47. The number of hydrogen-bond donors (Lipinski definition) is 0. The summed E-state index contributed by atoms with van der Waals surface area (Å²) in [5.74, 6) is 0. The molecule has 0 saturated carbocycles. The third-order valence-electron chi connectivity index (χ3n) is 0.649. The molecule has 0 atom stereocenters. The van der Waals surface area contributed by atoms with E-state index in [1.807, 2.05) is 24.4 Å². The Labute approximate surface area is 60.5 Å². The van der Waals surface area contributed by atoms with E-state index in [2.05, 4.69) is 4.98 Å². The van der Waals surface area contributed by atoms with Gasteiger partial charge in [-0.25, -0.2) is 0 Å². The van der Waals surface area contributed by atoms with Crippen LogP contribution in [0.5, 0.6) is 0 Å². The predicted molar refractivity (Wildman–Crippen MR) is 23.9 cm³/mol. The molecule has 0 aliphatic heterocycles. The molecule has 0 aromatic carbocycles. The Morgan fingerprint density at radius 1 is 1.43 bits per heavy atom. The molecule has 0 aliphatic carbocycles. The zero-order chi connectivity index (χ0) is 5.11. The topological polar surface area (TPSA) is 12.9 Å². The van der Waals surface area contributed by atoms with Crippen LogP contribution in [0.1, 0.15) is 0 Å². The van der Waals surface area contributed by atoms with Crippen molar-refractivity contribution < 1.29 is 28.3 Å². The van der Waals surface area contributed by atoms with Crippen molar-refractivity contribution in [3.05, 3.63) is 24.4 Å². The first kappa shape index (κ1) is 5.30. The molecule has 0 fully saturated rings. The van der Waals surface area contributed by atoms with Crippen LogP contribution >= 0.6 is 0 Å². The predicted octanol–water partition coefficient (Wildman–Crippen LogP) is 0.256. The van der Waals surface area contributed by atoms with Crippen molar-refractivity contribution in [3.63, 3.8) is 0 Å². The van der Waals surface area contributed by atoms with Gasteiger partial charge in [0.15, 0.2) is 0 Å². The summed E-state index contributed by atoms with van der Waals surface area (Å²) < 4.78 is 1.22. The first-order chi connectivity index (χ1) is 3.39. The minimum absolute atomic E-state index is 1.00. The molecule has 0 spiro atoms. The minimum atomic E-state index is 1.00. The van der Waals surface area contributed by atoms with E-state index < -0.39 is 0 Å². The van der Waals surface area contributed by atoms with E-state index in [0.29, 0.717) is 0 Å². The standard InChI is InChI=1S/C5H4N.Np/c1-2-4-6-5-3-1;/h1-4H;. The molecule has 2 heteroatoms. The van der Waals surface area contributed by atoms with Gasteiger partial charge in [-0.05, 0) is 0 Å². The zero-order valence-electron chi connectivity index (χ0n) is 3.70. The zero-order valence-corrected chi connectivity index (χ0v) is 7.43. The van der Waals surface area contributed by atoms with Gasteiger partial charge < -0.3 is 0 Å². The SMILES string of the molecule is [Np][c]1ccccn1. The molecule has 0 N–H and O–H groups in total. The molecular weight excluding hydrogens is 311 g/mol. The molecule has 0 unspecified atom stereocenters. The fourth-order valence-electron chi connectivity index (χ4n) is 0.354. The first-order valence-electron chi connectivity index (χ1n) is 1.99. The molecule has 34 valence electrons. The van der Waals surface area contributed by atoms with Gasteiger partial charge in [-0.2, -0.15) is 0 Å². The Morgan fingerprint density at radius 2 is 2.29 bits per heavy atom. The van der Waals surface area contributed by atoms with Crippen molar-refractivity contribution in [3.8, 4) is 0 Å². The fraction of sp³-hybridized carbons (Fsp3) is 0. The second-order valence-electron chi connectivity index (χ2n) is 1.19. The summed E-state index contributed by atoms with van der Waals surface area (Å²) in [5.41, 5.74) is 0. The number of pyridine rings is 1. The van der Waals surface area contributed by atoms with Crippen LogP contribution < -0.4 is 2.89 Å². The molecule has 7 heavy (non-hydrogen) atoms. The molecule has 0 saturated heterocycles. The van der Waals surface area contributed by atoms with Crippen LogP contribution in [0.15, 0.2) is 24.4 Å². The van der Waals surface area contributed by atoms with Gasteiger partial charge in [0.1, 0.15) is 0 Å². The summed E-state index contributed by atoms with van der Waals surface area (Å²) in [6.07, 6.45) is 1.82. The van der Waals surface area contributed by atoms with Crippen molar-refractivity contribution in [1.29, 1.82) is 0 Å². The Morgan fingerprint density at radius 3 is 2.57 bits per heavy atom. The van der Waals surface area contributed by atoms with E-state index in [4.69, 9.17) is 0 Å². The van der Waals surface area contributed by atoms with Crippen molar-refractivity contribution >= 4 is 2.89 Å². The summed E-state index contributed by atoms with van der Waals surface area (Å²) in [6.45, 7) is 0. The summed E-state index contributed by atoms with van der Waals surface area (Å²) in [7, 11) is 0. The number of aromatic nitrogens is 1. The first-order valence-corrected chi connectivity index (χ1v) is 3.86. The van der Waals surface area contributed by atoms with Crippen molar-refractivity contribution in [1.82, 2.24) is 4.98 Å². The van der Waals surface area contributed by atoms with Gasteiger partial charge in [0.25, 0.3) is 0 Å². The molecule has 0 amide bonds. The summed E-state index contributed by atoms with van der Waals surface area (Å²) in [6, 6.07) is 5.98. The molecule has 0 bridgehead atoms. The van der Waals surface area contributed by atoms with Crippen LogP contribution in [0.2, 0.25) is 0 Å². The molecule has 1 aromatic rings. The van der Waals surface area contributed by atoms with E-state index in [1.54, 1.807) is 0 Å². The van der Waals surface area contributed by atoms with Gasteiger partial charge in [0.05, 0.1) is 0 Å². The molecule has 1 aromatic heterocycles. The second-order valence-corrected chi connectivity index (χ2v) is 3.10. The average Bonchev–Trinajstić information content (AvgIpc) is 1.69. The van der Waals surface area contributed by atoms with Crippen LogP contribution in [-0.2, 0) is 0 Å². The molecule has 0 aliphatic rings. The van der Waals surface area contributed by atoms with E-state index in [9.17, 15) is 0 Å². The maximum absolute atomic E-state index is 4.04. The molecule has 1 heterocycles. The molecule has 1 rings (SSSR count). The fourth-order valence-corrected chi connectivity index (χ4v) is 0.990. The number of nitrogens with zero attached hydrogens (tertiary/aromatic N) is 1. The van der Waals surface area contributed by atoms with Crippen LogP contribution in [-0.4, -0.2) is 4.98 Å². The average molecular weight is 315 g/mol. The van der Waals surface area contributed by atoms with Gasteiger partial charge in [-0.3, -0.25) is 0 Å². The van der Waals surface area contributed by atoms with Gasteiger partial charge in [0.2, 0.25) is 0 Å². The van der Waals surface area contributed by atoms with Crippen LogP contribution in [0, 0.1) is 28.3 Å². The van der Waals surface area contributed by atoms with Crippen LogP contribution in [0.3, 0.4) is 0 Å². The normalized spacial score (nSPS) is 8.86. The number of hydrogen-bond acceptors (Lipinski definition) is 1. The Kier molecular flexibility index (Phi) is 1.87. The van der Waals surface area contributed by atoms with Crippen LogP contribution in [0.4, 0.5) is 0 Å². The molecule has 0 radical (unpaired) electrons. The Hall–Kier alpha value is 0.163. The van der Waals surface area contributed by atoms with Gasteiger partial charge in [-0.1, -0.05) is 0 Å². The van der Waals surface area contributed by atoms with Crippen molar-refractivity contribution in [2.75, 3.05) is 0 Å². The number of rotatable bonds is 0. The Balaban J connectivity index is 3.02. The quantitative estimate of drug-likeness (QED) is 0.669. The Bertz CT molecular complexity index is 138. The van der Waals surface area contributed by atoms with Gasteiger partial charge in [-0.15, -0.1) is 0 Å². The van der Waals surface area contributed by atoms with Crippen molar-refractivity contribution in [2.45, 2.75) is 0 Å². The van der Waals surface area contributed by atoms with E-state index in [-0.39, 0.29) is 0 Å². The van der Waals surface area contributed by atoms with Gasteiger partial charge in [0, 0.05) is 0 Å². The molecule has 1 nitrogen and oxygen atoms in total.